The van der Waals surface area contributed by atoms with Crippen LogP contribution < -0.4 is 15.0 Å². The smallest absolute Gasteiger partial charge is 0.406 e. The molecule has 0 fully saturated rings. The van der Waals surface area contributed by atoms with Gasteiger partial charge in [0.2, 0.25) is 0 Å². The Morgan fingerprint density at radius 1 is 1.40 bits per heavy atom. The van der Waals surface area contributed by atoms with Crippen molar-refractivity contribution < 1.29 is 17.9 Å². The lowest BCUT2D eigenvalue weighted by Crippen LogP contribution is -2.26. The molecular weight excluding hydrogens is 291 g/mol. The van der Waals surface area contributed by atoms with Crippen molar-refractivity contribution in [3.05, 3.63) is 18.2 Å². The topological polar surface area (TPSA) is 37.4 Å². The second-order valence-electron chi connectivity index (χ2n) is 4.20. The first kappa shape index (κ1) is 14.9. The highest BCUT2D eigenvalue weighted by molar-refractivity contribution is 7.22. The third kappa shape index (κ3) is 3.73. The summed E-state index contributed by atoms with van der Waals surface area (Å²) in [6, 6.07) is 4.16. The molecule has 1 heterocycles. The van der Waals surface area contributed by atoms with Gasteiger partial charge in [-0.25, -0.2) is 4.98 Å². The zero-order chi connectivity index (χ0) is 14.8. The van der Waals surface area contributed by atoms with Gasteiger partial charge < -0.3 is 15.0 Å². The lowest BCUT2D eigenvalue weighted by molar-refractivity contribution is -0.274. The van der Waals surface area contributed by atoms with Gasteiger partial charge in [-0.15, -0.1) is 13.2 Å². The average Bonchev–Trinajstić information content (AvgIpc) is 2.77. The maximum absolute atomic E-state index is 12.2. The van der Waals surface area contributed by atoms with Crippen LogP contribution in [0.5, 0.6) is 5.75 Å². The van der Waals surface area contributed by atoms with E-state index >= 15 is 0 Å². The van der Waals surface area contributed by atoms with Gasteiger partial charge in [-0.3, -0.25) is 0 Å². The molecule has 0 aliphatic rings. The third-order valence-electron chi connectivity index (χ3n) is 2.61. The molecule has 0 saturated heterocycles. The number of nitrogens with one attached hydrogen (secondary N) is 1. The summed E-state index contributed by atoms with van der Waals surface area (Å²) < 4.78 is 41.1. The minimum atomic E-state index is -4.68. The van der Waals surface area contributed by atoms with E-state index in [0.717, 1.165) is 18.2 Å². The molecular formula is C12H14F3N3OS. The van der Waals surface area contributed by atoms with E-state index in [9.17, 15) is 13.2 Å². The average molecular weight is 305 g/mol. The van der Waals surface area contributed by atoms with Crippen molar-refractivity contribution in [1.29, 1.82) is 0 Å². The van der Waals surface area contributed by atoms with Gasteiger partial charge in [0, 0.05) is 26.2 Å². The van der Waals surface area contributed by atoms with Gasteiger partial charge in [-0.05, 0) is 19.2 Å². The molecule has 1 aromatic carbocycles. The number of hydrogen-bond acceptors (Lipinski definition) is 5. The van der Waals surface area contributed by atoms with Gasteiger partial charge in [0.05, 0.1) is 10.2 Å². The summed E-state index contributed by atoms with van der Waals surface area (Å²) in [6.07, 6.45) is -4.68. The fraction of sp³-hybridized carbons (Fsp3) is 0.417. The van der Waals surface area contributed by atoms with E-state index in [1.807, 2.05) is 19.0 Å². The van der Waals surface area contributed by atoms with Gasteiger partial charge in [0.15, 0.2) is 5.13 Å². The summed E-state index contributed by atoms with van der Waals surface area (Å²) in [4.78, 5) is 6.33. The van der Waals surface area contributed by atoms with Gasteiger partial charge in [-0.2, -0.15) is 0 Å². The molecule has 110 valence electrons. The van der Waals surface area contributed by atoms with E-state index in [0.29, 0.717) is 10.2 Å². The Balaban J connectivity index is 2.21. The van der Waals surface area contributed by atoms with Crippen molar-refractivity contribution in [1.82, 2.24) is 10.3 Å². The monoisotopic (exact) mass is 305 g/mol. The number of aromatic nitrogens is 1. The molecule has 0 saturated carbocycles. The van der Waals surface area contributed by atoms with Crippen LogP contribution in [0.15, 0.2) is 18.2 Å². The first-order valence-electron chi connectivity index (χ1n) is 5.91. The lowest BCUT2D eigenvalue weighted by Gasteiger charge is -2.14. The summed E-state index contributed by atoms with van der Waals surface area (Å²) >= 11 is 1.34. The van der Waals surface area contributed by atoms with Crippen LogP contribution in [0, 0.1) is 0 Å². The number of fused-ring (bicyclic) bond motifs is 1. The zero-order valence-electron chi connectivity index (χ0n) is 11.0. The molecule has 0 unspecified atom stereocenters. The van der Waals surface area contributed by atoms with Crippen LogP contribution >= 0.6 is 11.3 Å². The molecule has 0 bridgehead atoms. The number of benzene rings is 1. The predicted molar refractivity (Wildman–Crippen MR) is 73.5 cm³/mol. The van der Waals surface area contributed by atoms with E-state index in [2.05, 4.69) is 15.0 Å². The maximum atomic E-state index is 12.2. The molecule has 4 nitrogen and oxygen atoms in total. The first-order valence-corrected chi connectivity index (χ1v) is 6.73. The zero-order valence-corrected chi connectivity index (χ0v) is 11.8. The molecule has 2 rings (SSSR count). The molecule has 0 spiro atoms. The molecule has 2 aromatic rings. The number of nitrogens with zero attached hydrogens (tertiary/aromatic N) is 2. The largest absolute Gasteiger partial charge is 0.573 e. The van der Waals surface area contributed by atoms with Crippen LogP contribution in [0.25, 0.3) is 10.2 Å². The fourth-order valence-corrected chi connectivity index (χ4v) is 2.61. The predicted octanol–water partition coefficient (Wildman–Crippen LogP) is 2.85. The van der Waals surface area contributed by atoms with Crippen molar-refractivity contribution in [2.24, 2.45) is 0 Å². The fourth-order valence-electron chi connectivity index (χ4n) is 1.63. The number of halogens is 3. The Kier molecular flexibility index (Phi) is 4.34. The van der Waals surface area contributed by atoms with Crippen molar-refractivity contribution in [3.63, 3.8) is 0 Å². The van der Waals surface area contributed by atoms with Crippen LogP contribution in [0.3, 0.4) is 0 Å². The van der Waals surface area contributed by atoms with E-state index in [1.54, 1.807) is 0 Å². The molecule has 0 aliphatic heterocycles. The minimum Gasteiger partial charge on any atom is -0.406 e. The van der Waals surface area contributed by atoms with Crippen molar-refractivity contribution in [2.45, 2.75) is 6.36 Å². The lowest BCUT2D eigenvalue weighted by atomic mass is 10.3. The summed E-state index contributed by atoms with van der Waals surface area (Å²) in [7, 11) is 3.75. The first-order chi connectivity index (χ1) is 9.39. The molecule has 1 aromatic heterocycles. The van der Waals surface area contributed by atoms with E-state index in [-0.39, 0.29) is 5.75 Å². The van der Waals surface area contributed by atoms with E-state index in [4.69, 9.17) is 0 Å². The Morgan fingerprint density at radius 3 is 2.80 bits per heavy atom. The summed E-state index contributed by atoms with van der Waals surface area (Å²) in [5.41, 5.74) is 0.663. The standard InChI is InChI=1S/C12H14F3N3OS/c1-16-5-6-18(2)11-17-9-4-3-8(7-10(9)20-11)19-12(13,14)15/h3-4,7,16H,5-6H2,1-2H3. The number of rotatable bonds is 5. The van der Waals surface area contributed by atoms with Crippen LogP contribution in [-0.4, -0.2) is 38.5 Å². The number of thiazole rings is 1. The van der Waals surface area contributed by atoms with Gasteiger partial charge in [0.25, 0.3) is 0 Å². The summed E-state index contributed by atoms with van der Waals surface area (Å²) in [6.45, 7) is 1.57. The SMILES string of the molecule is CNCCN(C)c1nc2ccc(OC(F)(F)F)cc2s1. The second kappa shape index (κ2) is 5.84. The minimum absolute atomic E-state index is 0.224. The van der Waals surface area contributed by atoms with E-state index in [1.165, 1.54) is 29.5 Å². The number of anilines is 1. The highest BCUT2D eigenvalue weighted by Crippen LogP contribution is 2.32. The Bertz CT molecular complexity index is 585. The maximum Gasteiger partial charge on any atom is 0.573 e. The highest BCUT2D eigenvalue weighted by atomic mass is 32.1. The number of likely N-dealkylation sites (N-methyl/N-ethyl adjacent to an activating group) is 2. The number of alkyl halides is 3. The normalized spacial score (nSPS) is 11.8. The molecule has 1 N–H and O–H groups in total. The molecule has 0 amide bonds. The van der Waals surface area contributed by atoms with Crippen LogP contribution in [0.1, 0.15) is 0 Å². The molecule has 0 aliphatic carbocycles. The van der Waals surface area contributed by atoms with Crippen LogP contribution in [0.4, 0.5) is 18.3 Å². The summed E-state index contributed by atoms with van der Waals surface area (Å²) in [5.74, 6) is -0.224. The quantitative estimate of drug-likeness (QED) is 0.922. The number of hydrogen-bond donors (Lipinski definition) is 1. The molecule has 0 atom stereocenters. The molecule has 0 radical (unpaired) electrons. The summed E-state index contributed by atoms with van der Waals surface area (Å²) in [5, 5.41) is 3.79. The van der Waals surface area contributed by atoms with Gasteiger partial charge in [0.1, 0.15) is 5.75 Å². The highest BCUT2D eigenvalue weighted by Gasteiger charge is 2.31. The van der Waals surface area contributed by atoms with Gasteiger partial charge >= 0.3 is 6.36 Å². The van der Waals surface area contributed by atoms with Crippen molar-refractivity contribution >= 4 is 26.7 Å². The number of ether oxygens (including phenoxy) is 1. The molecule has 8 heteroatoms. The Morgan fingerprint density at radius 2 is 2.15 bits per heavy atom. The van der Waals surface area contributed by atoms with Crippen molar-refractivity contribution in [2.75, 3.05) is 32.1 Å². The van der Waals surface area contributed by atoms with Crippen molar-refractivity contribution in [3.8, 4) is 5.75 Å². The third-order valence-corrected chi connectivity index (χ3v) is 3.74. The Labute approximate surface area is 118 Å². The molecule has 20 heavy (non-hydrogen) atoms. The van der Waals surface area contributed by atoms with E-state index < -0.39 is 6.36 Å². The second-order valence-corrected chi connectivity index (χ2v) is 5.21. The van der Waals surface area contributed by atoms with Crippen LogP contribution in [0.2, 0.25) is 0 Å². The van der Waals surface area contributed by atoms with Crippen LogP contribution in [-0.2, 0) is 0 Å². The Hall–Kier alpha value is -1.54. The van der Waals surface area contributed by atoms with Gasteiger partial charge in [-0.1, -0.05) is 11.3 Å².